The van der Waals surface area contributed by atoms with Gasteiger partial charge in [0.1, 0.15) is 5.82 Å². The number of hydrogen-bond donors (Lipinski definition) is 1. The molecule has 0 aromatic carbocycles. The van der Waals surface area contributed by atoms with E-state index in [2.05, 4.69) is 9.97 Å². The number of aromatic amines is 1. The first-order valence-electron chi connectivity index (χ1n) is 6.50. The van der Waals surface area contributed by atoms with Crippen molar-refractivity contribution in [3.8, 4) is 0 Å². The van der Waals surface area contributed by atoms with E-state index in [0.29, 0.717) is 19.6 Å². The van der Waals surface area contributed by atoms with Gasteiger partial charge in [0.2, 0.25) is 0 Å². The molecule has 0 aliphatic heterocycles. The first-order valence-corrected chi connectivity index (χ1v) is 6.50. The largest absolute Gasteiger partial charge is 0.381 e. The second-order valence-electron chi connectivity index (χ2n) is 4.45. The van der Waals surface area contributed by atoms with Gasteiger partial charge >= 0.3 is 0 Å². The third kappa shape index (κ3) is 3.16. The Labute approximate surface area is 101 Å². The summed E-state index contributed by atoms with van der Waals surface area (Å²) in [7, 11) is 0. The molecule has 0 atom stereocenters. The van der Waals surface area contributed by atoms with Crippen molar-refractivity contribution in [3.05, 3.63) is 27.4 Å². The van der Waals surface area contributed by atoms with E-state index in [1.165, 1.54) is 6.42 Å². The van der Waals surface area contributed by atoms with E-state index in [1.54, 1.807) is 0 Å². The summed E-state index contributed by atoms with van der Waals surface area (Å²) in [5, 5.41) is 0. The van der Waals surface area contributed by atoms with Crippen molar-refractivity contribution >= 4 is 0 Å². The van der Waals surface area contributed by atoms with E-state index < -0.39 is 0 Å². The zero-order chi connectivity index (χ0) is 12.1. The molecule has 0 saturated heterocycles. The SMILES string of the molecule is CCOCCc1nc2c(c(=O)[nH]1)CCCCC2. The minimum atomic E-state index is 0.0587. The van der Waals surface area contributed by atoms with Crippen LogP contribution in [0.3, 0.4) is 0 Å². The van der Waals surface area contributed by atoms with Crippen LogP contribution in [0.5, 0.6) is 0 Å². The summed E-state index contributed by atoms with van der Waals surface area (Å²) in [6.45, 7) is 3.29. The van der Waals surface area contributed by atoms with Crippen molar-refractivity contribution in [2.24, 2.45) is 0 Å². The predicted octanol–water partition coefficient (Wildman–Crippen LogP) is 1.62. The van der Waals surface area contributed by atoms with E-state index in [4.69, 9.17) is 4.74 Å². The fourth-order valence-electron chi connectivity index (χ4n) is 2.26. The van der Waals surface area contributed by atoms with E-state index in [-0.39, 0.29) is 5.56 Å². The molecule has 1 aliphatic rings. The highest BCUT2D eigenvalue weighted by molar-refractivity contribution is 5.19. The third-order valence-electron chi connectivity index (χ3n) is 3.18. The predicted molar refractivity (Wildman–Crippen MR) is 66.3 cm³/mol. The Bertz CT molecular complexity index is 426. The summed E-state index contributed by atoms with van der Waals surface area (Å²) in [4.78, 5) is 19.4. The number of nitrogens with zero attached hydrogens (tertiary/aromatic N) is 1. The third-order valence-corrected chi connectivity index (χ3v) is 3.18. The van der Waals surface area contributed by atoms with Gasteiger partial charge in [-0.25, -0.2) is 4.98 Å². The van der Waals surface area contributed by atoms with Crippen molar-refractivity contribution in [1.29, 1.82) is 0 Å². The van der Waals surface area contributed by atoms with Crippen LogP contribution in [0.15, 0.2) is 4.79 Å². The highest BCUT2D eigenvalue weighted by Crippen LogP contribution is 2.15. The van der Waals surface area contributed by atoms with Gasteiger partial charge in [-0.05, 0) is 32.6 Å². The summed E-state index contributed by atoms with van der Waals surface area (Å²) in [6, 6.07) is 0. The molecule has 0 fully saturated rings. The van der Waals surface area contributed by atoms with Gasteiger partial charge in [0.25, 0.3) is 5.56 Å². The van der Waals surface area contributed by atoms with E-state index in [0.717, 1.165) is 42.8 Å². The van der Waals surface area contributed by atoms with E-state index in [9.17, 15) is 4.79 Å². The smallest absolute Gasteiger partial charge is 0.254 e. The van der Waals surface area contributed by atoms with Crippen molar-refractivity contribution in [2.75, 3.05) is 13.2 Å². The van der Waals surface area contributed by atoms with Crippen LogP contribution in [0.2, 0.25) is 0 Å². The average Bonchev–Trinajstić information content (AvgIpc) is 2.55. The summed E-state index contributed by atoms with van der Waals surface area (Å²) < 4.78 is 5.28. The highest BCUT2D eigenvalue weighted by atomic mass is 16.5. The monoisotopic (exact) mass is 236 g/mol. The minimum Gasteiger partial charge on any atom is -0.381 e. The van der Waals surface area contributed by atoms with Gasteiger partial charge in [-0.1, -0.05) is 6.42 Å². The molecule has 0 bridgehead atoms. The minimum absolute atomic E-state index is 0.0587. The molecule has 4 heteroatoms. The second-order valence-corrected chi connectivity index (χ2v) is 4.45. The van der Waals surface area contributed by atoms with Crippen LogP contribution in [0, 0.1) is 0 Å². The van der Waals surface area contributed by atoms with Crippen molar-refractivity contribution < 1.29 is 4.74 Å². The molecule has 1 heterocycles. The van der Waals surface area contributed by atoms with Gasteiger partial charge in [0, 0.05) is 18.6 Å². The molecular weight excluding hydrogens is 216 g/mol. The molecule has 1 aliphatic carbocycles. The van der Waals surface area contributed by atoms with Gasteiger partial charge in [0.15, 0.2) is 0 Å². The molecule has 94 valence electrons. The molecule has 0 amide bonds. The molecule has 0 saturated carbocycles. The lowest BCUT2D eigenvalue weighted by Crippen LogP contribution is -2.20. The van der Waals surface area contributed by atoms with Crippen molar-refractivity contribution in [1.82, 2.24) is 9.97 Å². The molecule has 1 N–H and O–H groups in total. The number of ether oxygens (including phenoxy) is 1. The van der Waals surface area contributed by atoms with E-state index in [1.807, 2.05) is 6.92 Å². The Morgan fingerprint density at radius 1 is 1.29 bits per heavy atom. The Morgan fingerprint density at radius 3 is 2.94 bits per heavy atom. The molecule has 0 spiro atoms. The maximum atomic E-state index is 11.9. The Balaban J connectivity index is 2.17. The number of aryl methyl sites for hydroxylation is 1. The van der Waals surface area contributed by atoms with Crippen LogP contribution >= 0.6 is 0 Å². The van der Waals surface area contributed by atoms with Gasteiger partial charge in [-0.15, -0.1) is 0 Å². The number of nitrogens with one attached hydrogen (secondary N) is 1. The topological polar surface area (TPSA) is 55.0 Å². The summed E-state index contributed by atoms with van der Waals surface area (Å²) in [5.74, 6) is 0.768. The Hall–Kier alpha value is -1.16. The summed E-state index contributed by atoms with van der Waals surface area (Å²) >= 11 is 0. The Morgan fingerprint density at radius 2 is 2.12 bits per heavy atom. The van der Waals surface area contributed by atoms with Crippen molar-refractivity contribution in [3.63, 3.8) is 0 Å². The Kier molecular flexibility index (Phi) is 4.31. The van der Waals surface area contributed by atoms with Crippen LogP contribution in [-0.2, 0) is 24.0 Å². The zero-order valence-corrected chi connectivity index (χ0v) is 10.4. The number of fused-ring (bicyclic) bond motifs is 1. The number of aromatic nitrogens is 2. The molecule has 0 radical (unpaired) electrons. The molecule has 4 nitrogen and oxygen atoms in total. The lowest BCUT2D eigenvalue weighted by Gasteiger charge is -2.07. The maximum absolute atomic E-state index is 11.9. The second kappa shape index (κ2) is 5.96. The summed E-state index contributed by atoms with van der Waals surface area (Å²) in [5.41, 5.74) is 1.98. The maximum Gasteiger partial charge on any atom is 0.254 e. The first-order chi connectivity index (χ1) is 8.31. The molecule has 17 heavy (non-hydrogen) atoms. The standard InChI is InChI=1S/C13H20N2O2/c1-2-17-9-8-12-14-11-7-5-3-4-6-10(11)13(16)15-12/h2-9H2,1H3,(H,14,15,16). The van der Waals surface area contributed by atoms with Gasteiger partial charge in [-0.2, -0.15) is 0 Å². The lowest BCUT2D eigenvalue weighted by atomic mass is 10.1. The fraction of sp³-hybridized carbons (Fsp3) is 0.692. The van der Waals surface area contributed by atoms with Gasteiger partial charge < -0.3 is 9.72 Å². The quantitative estimate of drug-likeness (QED) is 0.638. The normalized spacial score (nSPS) is 15.4. The first kappa shape index (κ1) is 12.3. The number of hydrogen-bond acceptors (Lipinski definition) is 3. The summed E-state index contributed by atoms with van der Waals surface area (Å²) in [6.07, 6.45) is 5.97. The molecule has 2 rings (SSSR count). The van der Waals surface area contributed by atoms with Gasteiger partial charge in [-0.3, -0.25) is 4.79 Å². The molecule has 1 aromatic heterocycles. The van der Waals surface area contributed by atoms with E-state index >= 15 is 0 Å². The molecule has 0 unspecified atom stereocenters. The highest BCUT2D eigenvalue weighted by Gasteiger charge is 2.14. The lowest BCUT2D eigenvalue weighted by molar-refractivity contribution is 0.149. The fourth-order valence-corrected chi connectivity index (χ4v) is 2.26. The van der Waals surface area contributed by atoms with Crippen LogP contribution in [0.4, 0.5) is 0 Å². The number of H-pyrrole nitrogens is 1. The van der Waals surface area contributed by atoms with Crippen LogP contribution < -0.4 is 5.56 Å². The van der Waals surface area contributed by atoms with Crippen molar-refractivity contribution in [2.45, 2.75) is 45.4 Å². The van der Waals surface area contributed by atoms with Gasteiger partial charge in [0.05, 0.1) is 12.3 Å². The molecular formula is C13H20N2O2. The van der Waals surface area contributed by atoms with Crippen LogP contribution in [0.1, 0.15) is 43.3 Å². The number of rotatable bonds is 4. The molecule has 1 aromatic rings. The average molecular weight is 236 g/mol. The zero-order valence-electron chi connectivity index (χ0n) is 10.4. The van der Waals surface area contributed by atoms with Crippen LogP contribution in [-0.4, -0.2) is 23.2 Å². The van der Waals surface area contributed by atoms with Crippen LogP contribution in [0.25, 0.3) is 0 Å².